The molecule has 0 amide bonds. The maximum Gasteiger partial charge on any atom is 0.134 e. The molecular weight excluding hydrogens is 250 g/mol. The van der Waals surface area contributed by atoms with Crippen LogP contribution < -0.4 is 4.90 Å². The lowest BCUT2D eigenvalue weighted by Crippen LogP contribution is -2.48. The first kappa shape index (κ1) is 13.5. The fraction of sp³-hybridized carbons (Fsp3) is 0.667. The molecule has 0 bridgehead atoms. The largest absolute Gasteiger partial charge is 0.354 e. The summed E-state index contributed by atoms with van der Waals surface area (Å²) in [6, 6.07) is 1.83. The van der Waals surface area contributed by atoms with Gasteiger partial charge in [0.25, 0.3) is 0 Å². The Hall–Kier alpha value is -0.910. The van der Waals surface area contributed by atoms with E-state index < -0.39 is 0 Å². The number of nitrogens with zero attached hydrogens (tertiary/aromatic N) is 5. The summed E-state index contributed by atoms with van der Waals surface area (Å²) in [4.78, 5) is 15.1. The molecule has 0 spiro atoms. The maximum atomic E-state index is 5.88. The van der Waals surface area contributed by atoms with Gasteiger partial charge in [-0.1, -0.05) is 11.6 Å². The highest BCUT2D eigenvalue weighted by molar-refractivity contribution is 6.29. The number of halogens is 1. The number of piperazine rings is 1. The predicted molar refractivity (Wildman–Crippen MR) is 74.2 cm³/mol. The molecule has 1 aliphatic rings. The molecule has 6 heteroatoms. The Morgan fingerprint density at radius 3 is 2.56 bits per heavy atom. The van der Waals surface area contributed by atoms with Gasteiger partial charge >= 0.3 is 0 Å². The molecule has 2 heterocycles. The summed E-state index contributed by atoms with van der Waals surface area (Å²) in [7, 11) is 4.22. The van der Waals surface area contributed by atoms with E-state index in [1.165, 1.54) is 6.33 Å². The minimum absolute atomic E-state index is 0.509. The van der Waals surface area contributed by atoms with Crippen molar-refractivity contribution < 1.29 is 0 Å². The van der Waals surface area contributed by atoms with E-state index >= 15 is 0 Å². The Labute approximate surface area is 113 Å². The van der Waals surface area contributed by atoms with Gasteiger partial charge in [0.15, 0.2) is 0 Å². The lowest BCUT2D eigenvalue weighted by Gasteiger charge is -2.35. The van der Waals surface area contributed by atoms with Gasteiger partial charge in [0.05, 0.1) is 0 Å². The van der Waals surface area contributed by atoms with E-state index in [1.807, 2.05) is 6.07 Å². The van der Waals surface area contributed by atoms with E-state index in [-0.39, 0.29) is 0 Å². The van der Waals surface area contributed by atoms with Gasteiger partial charge in [0.2, 0.25) is 0 Å². The summed E-state index contributed by atoms with van der Waals surface area (Å²) >= 11 is 5.88. The summed E-state index contributed by atoms with van der Waals surface area (Å²) in [5, 5.41) is 0.509. The molecule has 0 saturated carbocycles. The topological polar surface area (TPSA) is 35.5 Å². The van der Waals surface area contributed by atoms with Gasteiger partial charge in [0, 0.05) is 45.3 Å². The van der Waals surface area contributed by atoms with Crippen LogP contribution in [0.1, 0.15) is 0 Å². The standard InChI is InChI=1S/C12H20ClN5/c1-16(2)3-4-17-5-7-18(8-6-17)12-9-11(13)14-10-15-12/h9-10H,3-8H2,1-2H3. The molecule has 1 aromatic rings. The van der Waals surface area contributed by atoms with Crippen molar-refractivity contribution in [3.8, 4) is 0 Å². The van der Waals surface area contributed by atoms with Crippen molar-refractivity contribution in [3.63, 3.8) is 0 Å². The van der Waals surface area contributed by atoms with E-state index in [4.69, 9.17) is 11.6 Å². The van der Waals surface area contributed by atoms with Crippen LogP contribution in [0.5, 0.6) is 0 Å². The van der Waals surface area contributed by atoms with Gasteiger partial charge < -0.3 is 9.80 Å². The van der Waals surface area contributed by atoms with E-state index in [9.17, 15) is 0 Å². The van der Waals surface area contributed by atoms with Gasteiger partial charge in [-0.2, -0.15) is 0 Å². The minimum atomic E-state index is 0.509. The highest BCUT2D eigenvalue weighted by atomic mass is 35.5. The molecule has 18 heavy (non-hydrogen) atoms. The Balaban J connectivity index is 1.83. The number of likely N-dealkylation sites (N-methyl/N-ethyl adjacent to an activating group) is 1. The molecule has 0 unspecified atom stereocenters. The van der Waals surface area contributed by atoms with Gasteiger partial charge in [-0.25, -0.2) is 9.97 Å². The summed E-state index contributed by atoms with van der Waals surface area (Å²) < 4.78 is 0. The zero-order valence-corrected chi connectivity index (χ0v) is 11.8. The van der Waals surface area contributed by atoms with Crippen LogP contribution in [0.4, 0.5) is 5.82 Å². The molecule has 0 radical (unpaired) electrons. The van der Waals surface area contributed by atoms with Gasteiger partial charge in [-0.15, -0.1) is 0 Å². The molecule has 0 aromatic carbocycles. The van der Waals surface area contributed by atoms with Crippen molar-refractivity contribution in [2.75, 3.05) is 58.3 Å². The quantitative estimate of drug-likeness (QED) is 0.756. The summed E-state index contributed by atoms with van der Waals surface area (Å²) in [6.07, 6.45) is 1.52. The fourth-order valence-electron chi connectivity index (χ4n) is 2.04. The maximum absolute atomic E-state index is 5.88. The molecule has 2 rings (SSSR count). The zero-order valence-electron chi connectivity index (χ0n) is 11.0. The third-order valence-electron chi connectivity index (χ3n) is 3.18. The van der Waals surface area contributed by atoms with Crippen LogP contribution in [0.3, 0.4) is 0 Å². The second-order valence-corrected chi connectivity index (χ2v) is 5.22. The first-order valence-electron chi connectivity index (χ1n) is 6.25. The smallest absolute Gasteiger partial charge is 0.134 e. The minimum Gasteiger partial charge on any atom is -0.354 e. The van der Waals surface area contributed by atoms with Crippen molar-refractivity contribution in [3.05, 3.63) is 17.5 Å². The van der Waals surface area contributed by atoms with Crippen LogP contribution in [0.15, 0.2) is 12.4 Å². The molecule has 1 saturated heterocycles. The van der Waals surface area contributed by atoms with Crippen LogP contribution in [0, 0.1) is 0 Å². The third kappa shape index (κ3) is 3.80. The lowest BCUT2D eigenvalue weighted by molar-refractivity contribution is 0.229. The molecule has 5 nitrogen and oxygen atoms in total. The zero-order chi connectivity index (χ0) is 13.0. The molecule has 1 aromatic heterocycles. The van der Waals surface area contributed by atoms with E-state index in [1.54, 1.807) is 0 Å². The first-order chi connectivity index (χ1) is 8.65. The van der Waals surface area contributed by atoms with Crippen molar-refractivity contribution >= 4 is 17.4 Å². The second-order valence-electron chi connectivity index (χ2n) is 4.83. The third-order valence-corrected chi connectivity index (χ3v) is 3.39. The number of rotatable bonds is 4. The molecule has 100 valence electrons. The molecule has 1 aliphatic heterocycles. The van der Waals surface area contributed by atoms with Crippen LogP contribution >= 0.6 is 11.6 Å². The summed E-state index contributed by atoms with van der Waals surface area (Å²) in [5.41, 5.74) is 0. The number of anilines is 1. The molecule has 0 atom stereocenters. The molecule has 0 N–H and O–H groups in total. The Kier molecular flexibility index (Phi) is 4.74. The van der Waals surface area contributed by atoms with Crippen molar-refractivity contribution in [1.82, 2.24) is 19.8 Å². The SMILES string of the molecule is CN(C)CCN1CCN(c2cc(Cl)ncn2)CC1. The molecule has 1 fully saturated rings. The van der Waals surface area contributed by atoms with E-state index in [0.717, 1.165) is 45.1 Å². The van der Waals surface area contributed by atoms with Crippen molar-refractivity contribution in [2.45, 2.75) is 0 Å². The van der Waals surface area contributed by atoms with Crippen LogP contribution in [-0.2, 0) is 0 Å². The summed E-state index contributed by atoms with van der Waals surface area (Å²) in [5.74, 6) is 0.933. The van der Waals surface area contributed by atoms with Crippen molar-refractivity contribution in [1.29, 1.82) is 0 Å². The van der Waals surface area contributed by atoms with Crippen LogP contribution in [0.2, 0.25) is 5.15 Å². The van der Waals surface area contributed by atoms with Gasteiger partial charge in [-0.3, -0.25) is 4.90 Å². The Morgan fingerprint density at radius 1 is 1.22 bits per heavy atom. The van der Waals surface area contributed by atoms with Gasteiger partial charge in [-0.05, 0) is 14.1 Å². The van der Waals surface area contributed by atoms with E-state index in [2.05, 4.69) is 38.8 Å². The highest BCUT2D eigenvalue weighted by Crippen LogP contribution is 2.15. The number of hydrogen-bond donors (Lipinski definition) is 0. The van der Waals surface area contributed by atoms with Crippen molar-refractivity contribution in [2.24, 2.45) is 0 Å². The summed E-state index contributed by atoms with van der Waals surface area (Å²) in [6.45, 7) is 6.40. The average Bonchev–Trinajstić information content (AvgIpc) is 2.37. The normalized spacial score (nSPS) is 17.4. The second kappa shape index (κ2) is 6.31. The highest BCUT2D eigenvalue weighted by Gasteiger charge is 2.17. The number of hydrogen-bond acceptors (Lipinski definition) is 5. The van der Waals surface area contributed by atoms with Crippen LogP contribution in [-0.4, -0.2) is 73.1 Å². The predicted octanol–water partition coefficient (Wildman–Crippen LogP) is 0.814. The fourth-order valence-corrected chi connectivity index (χ4v) is 2.18. The van der Waals surface area contributed by atoms with Gasteiger partial charge in [0.1, 0.15) is 17.3 Å². The Morgan fingerprint density at radius 2 is 1.94 bits per heavy atom. The lowest BCUT2D eigenvalue weighted by atomic mass is 10.3. The van der Waals surface area contributed by atoms with E-state index in [0.29, 0.717) is 5.15 Å². The average molecular weight is 270 g/mol. The first-order valence-corrected chi connectivity index (χ1v) is 6.62. The number of aromatic nitrogens is 2. The molecule has 0 aliphatic carbocycles. The Bertz CT molecular complexity index is 376. The monoisotopic (exact) mass is 269 g/mol. The van der Waals surface area contributed by atoms with Crippen LogP contribution in [0.25, 0.3) is 0 Å². The molecular formula is C12H20ClN5.